The van der Waals surface area contributed by atoms with E-state index in [4.69, 9.17) is 0 Å². The summed E-state index contributed by atoms with van der Waals surface area (Å²) in [6.45, 7) is 3.08. The Bertz CT molecular complexity index is 1030. The average molecular weight is 439 g/mol. The number of benzene rings is 2. The molecule has 1 amide bonds. The van der Waals surface area contributed by atoms with Gasteiger partial charge in [-0.2, -0.15) is 4.98 Å². The van der Waals surface area contributed by atoms with E-state index in [1.807, 2.05) is 24.3 Å². The van der Waals surface area contributed by atoms with Gasteiger partial charge in [0.05, 0.1) is 0 Å². The molecule has 28 heavy (non-hydrogen) atoms. The molecule has 0 saturated heterocycles. The summed E-state index contributed by atoms with van der Waals surface area (Å²) in [4.78, 5) is 26.5. The number of halogens is 1. The van der Waals surface area contributed by atoms with E-state index in [1.165, 1.54) is 24.4 Å². The fourth-order valence-corrected chi connectivity index (χ4v) is 3.75. The molecule has 0 aliphatic carbocycles. The van der Waals surface area contributed by atoms with Gasteiger partial charge in [-0.25, -0.2) is 9.97 Å². The summed E-state index contributed by atoms with van der Waals surface area (Å²) >= 11 is 3.64. The lowest BCUT2D eigenvalue weighted by Gasteiger charge is -2.29. The molecule has 2 aromatic carbocycles. The highest BCUT2D eigenvalue weighted by Crippen LogP contribution is 2.28. The molecular formula is C20H19BrN6O. The lowest BCUT2D eigenvalue weighted by Crippen LogP contribution is -2.32. The van der Waals surface area contributed by atoms with E-state index in [0.717, 1.165) is 29.7 Å². The van der Waals surface area contributed by atoms with Crippen molar-refractivity contribution < 1.29 is 4.79 Å². The molecule has 3 aromatic rings. The average Bonchev–Trinajstić information content (AvgIpc) is 2.68. The monoisotopic (exact) mass is 438 g/mol. The number of hydrogen-bond acceptors (Lipinski definition) is 6. The third kappa shape index (κ3) is 4.12. The molecule has 1 aliphatic heterocycles. The normalized spacial score (nSPS) is 13.0. The predicted molar refractivity (Wildman–Crippen MR) is 113 cm³/mol. The maximum Gasteiger partial charge on any atom is 0.232 e. The Hall–Kier alpha value is -3.00. The van der Waals surface area contributed by atoms with Crippen LogP contribution < -0.4 is 15.5 Å². The van der Waals surface area contributed by atoms with Crippen molar-refractivity contribution in [2.75, 3.05) is 22.1 Å². The first-order chi connectivity index (χ1) is 13.6. The number of hydrogen-bond donors (Lipinski definition) is 2. The Morgan fingerprint density at radius 2 is 1.96 bits per heavy atom. The first-order valence-electron chi connectivity index (χ1n) is 8.93. The van der Waals surface area contributed by atoms with Gasteiger partial charge in [0.25, 0.3) is 0 Å². The summed E-state index contributed by atoms with van der Waals surface area (Å²) in [7, 11) is 0. The lowest BCUT2D eigenvalue weighted by atomic mass is 10.0. The lowest BCUT2D eigenvalue weighted by molar-refractivity contribution is -0.114. The molecule has 0 saturated carbocycles. The summed E-state index contributed by atoms with van der Waals surface area (Å²) < 4.78 is 1.11. The first kappa shape index (κ1) is 18.4. The van der Waals surface area contributed by atoms with Gasteiger partial charge < -0.3 is 15.5 Å². The van der Waals surface area contributed by atoms with Crippen molar-refractivity contribution in [1.82, 2.24) is 15.0 Å². The van der Waals surface area contributed by atoms with Crippen LogP contribution in [0.4, 0.5) is 23.3 Å². The second-order valence-corrected chi connectivity index (χ2v) is 7.40. The van der Waals surface area contributed by atoms with E-state index in [1.54, 1.807) is 0 Å². The van der Waals surface area contributed by atoms with Crippen LogP contribution in [0.5, 0.6) is 0 Å². The third-order valence-electron chi connectivity index (χ3n) is 4.50. The Balaban J connectivity index is 1.53. The molecule has 0 atom stereocenters. The zero-order valence-electron chi connectivity index (χ0n) is 15.3. The number of amides is 1. The van der Waals surface area contributed by atoms with E-state index in [2.05, 4.69) is 64.6 Å². The van der Waals surface area contributed by atoms with Crippen molar-refractivity contribution in [2.45, 2.75) is 19.9 Å². The van der Waals surface area contributed by atoms with Gasteiger partial charge in [0.1, 0.15) is 6.33 Å². The number of nitrogens with one attached hydrogen (secondary N) is 2. The van der Waals surface area contributed by atoms with E-state index in [-0.39, 0.29) is 5.91 Å². The van der Waals surface area contributed by atoms with Gasteiger partial charge in [0.2, 0.25) is 17.8 Å². The van der Waals surface area contributed by atoms with Crippen molar-refractivity contribution in [3.05, 3.63) is 64.4 Å². The number of fused-ring (bicyclic) bond motifs is 1. The van der Waals surface area contributed by atoms with Crippen molar-refractivity contribution in [1.29, 1.82) is 0 Å². The first-order valence-corrected chi connectivity index (χ1v) is 9.73. The van der Waals surface area contributed by atoms with Gasteiger partial charge >= 0.3 is 0 Å². The Labute approximate surface area is 171 Å². The SMILES string of the molecule is CC(=O)Nc1cccc(Nc2ncnc(N3CCc4cccc(Br)c4C3)n2)c1. The fraction of sp³-hybridized carbons (Fsp3) is 0.200. The van der Waals surface area contributed by atoms with Crippen LogP contribution in [0.3, 0.4) is 0 Å². The van der Waals surface area contributed by atoms with Crippen LogP contribution in [-0.4, -0.2) is 27.4 Å². The minimum atomic E-state index is -0.115. The standard InChI is InChI=1S/C20H19BrN6O/c1-13(28)24-15-5-3-6-16(10-15)25-19-22-12-23-20(26-19)27-9-8-14-4-2-7-18(21)17(14)11-27/h2-7,10,12H,8-9,11H2,1H3,(H,24,28)(H,22,23,25,26). The highest BCUT2D eigenvalue weighted by Gasteiger charge is 2.20. The van der Waals surface area contributed by atoms with Gasteiger partial charge in [0.15, 0.2) is 0 Å². The zero-order valence-corrected chi connectivity index (χ0v) is 16.9. The number of nitrogens with zero attached hydrogens (tertiary/aromatic N) is 4. The van der Waals surface area contributed by atoms with Gasteiger partial charge in [-0.3, -0.25) is 4.79 Å². The van der Waals surface area contributed by atoms with E-state index >= 15 is 0 Å². The molecule has 7 nitrogen and oxygen atoms in total. The summed E-state index contributed by atoms with van der Waals surface area (Å²) in [6, 6.07) is 13.7. The molecule has 0 bridgehead atoms. The van der Waals surface area contributed by atoms with Crippen LogP contribution in [0.25, 0.3) is 0 Å². The van der Waals surface area contributed by atoms with Crippen molar-refractivity contribution in [3.8, 4) is 0 Å². The number of carbonyl (C=O) groups is 1. The van der Waals surface area contributed by atoms with Crippen molar-refractivity contribution in [3.63, 3.8) is 0 Å². The fourth-order valence-electron chi connectivity index (χ4n) is 3.22. The minimum Gasteiger partial charge on any atom is -0.336 e. The maximum absolute atomic E-state index is 11.2. The van der Waals surface area contributed by atoms with Crippen LogP contribution >= 0.6 is 15.9 Å². The molecule has 0 radical (unpaired) electrons. The maximum atomic E-state index is 11.2. The molecular weight excluding hydrogens is 420 g/mol. The van der Waals surface area contributed by atoms with Crippen LogP contribution in [-0.2, 0) is 17.8 Å². The number of aromatic nitrogens is 3. The molecule has 2 heterocycles. The van der Waals surface area contributed by atoms with E-state index in [9.17, 15) is 4.79 Å². The predicted octanol–water partition coefficient (Wildman–Crippen LogP) is 3.90. The molecule has 0 spiro atoms. The quantitative estimate of drug-likeness (QED) is 0.642. The van der Waals surface area contributed by atoms with Crippen LogP contribution in [0.2, 0.25) is 0 Å². The summed E-state index contributed by atoms with van der Waals surface area (Å²) in [5.74, 6) is 0.982. The molecule has 1 aliphatic rings. The Morgan fingerprint density at radius 3 is 2.82 bits per heavy atom. The highest BCUT2D eigenvalue weighted by molar-refractivity contribution is 9.10. The summed E-state index contributed by atoms with van der Waals surface area (Å²) in [5, 5.41) is 5.94. The van der Waals surface area contributed by atoms with Crippen molar-refractivity contribution in [2.24, 2.45) is 0 Å². The zero-order chi connectivity index (χ0) is 19.5. The molecule has 0 fully saturated rings. The number of carbonyl (C=O) groups excluding carboxylic acids is 1. The highest BCUT2D eigenvalue weighted by atomic mass is 79.9. The van der Waals surface area contributed by atoms with Gasteiger partial charge in [-0.05, 0) is 41.8 Å². The number of anilines is 4. The summed E-state index contributed by atoms with van der Waals surface area (Å²) in [5.41, 5.74) is 4.12. The minimum absolute atomic E-state index is 0.115. The second kappa shape index (κ2) is 7.93. The molecule has 8 heteroatoms. The van der Waals surface area contributed by atoms with E-state index < -0.39 is 0 Å². The molecule has 4 rings (SSSR count). The van der Waals surface area contributed by atoms with Gasteiger partial charge in [0, 0.05) is 35.9 Å². The van der Waals surface area contributed by atoms with Crippen LogP contribution in [0.15, 0.2) is 53.3 Å². The molecule has 142 valence electrons. The Morgan fingerprint density at radius 1 is 1.14 bits per heavy atom. The van der Waals surface area contributed by atoms with E-state index in [0.29, 0.717) is 17.6 Å². The Kier molecular flexibility index (Phi) is 5.21. The third-order valence-corrected chi connectivity index (χ3v) is 5.24. The number of rotatable bonds is 4. The largest absolute Gasteiger partial charge is 0.336 e. The molecule has 2 N–H and O–H groups in total. The van der Waals surface area contributed by atoms with Crippen LogP contribution in [0.1, 0.15) is 18.1 Å². The van der Waals surface area contributed by atoms with Crippen LogP contribution in [0, 0.1) is 0 Å². The van der Waals surface area contributed by atoms with Gasteiger partial charge in [-0.1, -0.05) is 34.1 Å². The molecule has 0 unspecified atom stereocenters. The topological polar surface area (TPSA) is 83.0 Å². The molecule has 1 aromatic heterocycles. The second-order valence-electron chi connectivity index (χ2n) is 6.55. The smallest absolute Gasteiger partial charge is 0.232 e. The van der Waals surface area contributed by atoms with Crippen molar-refractivity contribution >= 4 is 45.1 Å². The summed E-state index contributed by atoms with van der Waals surface area (Å²) in [6.07, 6.45) is 2.46. The van der Waals surface area contributed by atoms with Gasteiger partial charge in [-0.15, -0.1) is 0 Å².